The number of hydrogen-bond donors (Lipinski definition) is 0. The fourth-order valence-electron chi connectivity index (χ4n) is 2.89. The van der Waals surface area contributed by atoms with Gasteiger partial charge in [-0.2, -0.15) is 0 Å². The number of carbonyl (C=O) groups is 3. The van der Waals surface area contributed by atoms with Crippen LogP contribution in [0.1, 0.15) is 15.9 Å². The van der Waals surface area contributed by atoms with Crippen LogP contribution in [0.15, 0.2) is 60.0 Å². The molecule has 1 aliphatic rings. The number of imide groups is 1. The Morgan fingerprint density at radius 1 is 1.22 bits per heavy atom. The molecule has 1 saturated heterocycles. The third-order valence-corrected chi connectivity index (χ3v) is 5.34. The number of nitro benzene ring substituents is 1. The molecule has 1 aliphatic heterocycles. The molecular formula is C22H18N2O7S. The molecule has 0 bridgehead atoms. The van der Waals surface area contributed by atoms with E-state index in [1.54, 1.807) is 24.3 Å². The number of para-hydroxylation sites is 1. The first-order valence-electron chi connectivity index (χ1n) is 9.29. The van der Waals surface area contributed by atoms with Crippen molar-refractivity contribution in [3.05, 3.63) is 81.3 Å². The number of ketones is 1. The van der Waals surface area contributed by atoms with Crippen molar-refractivity contribution in [3.63, 3.8) is 0 Å². The molecule has 0 radical (unpaired) electrons. The average Bonchev–Trinajstić information content (AvgIpc) is 3.05. The summed E-state index contributed by atoms with van der Waals surface area (Å²) >= 11 is 0.707. The summed E-state index contributed by atoms with van der Waals surface area (Å²) in [5.41, 5.74) is 0.522. The smallest absolute Gasteiger partial charge is 0.293 e. The summed E-state index contributed by atoms with van der Waals surface area (Å²) in [7, 11) is 1.48. The number of benzene rings is 2. The zero-order valence-electron chi connectivity index (χ0n) is 17.0. The molecule has 0 aliphatic carbocycles. The number of carbonyl (C=O) groups excluding carboxylic acids is 3. The third kappa shape index (κ3) is 4.86. The fourth-order valence-corrected chi connectivity index (χ4v) is 3.71. The van der Waals surface area contributed by atoms with E-state index in [9.17, 15) is 24.5 Å². The monoisotopic (exact) mass is 454 g/mol. The summed E-state index contributed by atoms with van der Waals surface area (Å²) in [6.07, 6.45) is 3.07. The summed E-state index contributed by atoms with van der Waals surface area (Å²) in [4.78, 5) is 48.8. The number of non-ortho nitro benzene ring substituents is 1. The summed E-state index contributed by atoms with van der Waals surface area (Å²) in [6, 6.07) is 10.1. The van der Waals surface area contributed by atoms with Crippen molar-refractivity contribution >= 4 is 40.5 Å². The standard InChI is InChI=1S/C22H18N2O7S/c1-3-11-31-20-15(5-4-6-18(20)30-2)12-19-21(26)23(22(27)32-19)13-17(25)14-7-9-16(10-8-14)24(28)29/h3-10,12H,1,11,13H2,2H3/b19-12-. The summed E-state index contributed by atoms with van der Waals surface area (Å²) in [6.45, 7) is 3.35. The fraction of sp³-hybridized carbons (Fsp3) is 0.136. The average molecular weight is 454 g/mol. The van der Waals surface area contributed by atoms with Gasteiger partial charge in [0.25, 0.3) is 16.8 Å². The topological polar surface area (TPSA) is 116 Å². The van der Waals surface area contributed by atoms with E-state index in [2.05, 4.69) is 6.58 Å². The number of methoxy groups -OCH3 is 1. The second-order valence-electron chi connectivity index (χ2n) is 6.47. The zero-order valence-corrected chi connectivity index (χ0v) is 17.8. The lowest BCUT2D eigenvalue weighted by atomic mass is 10.1. The van der Waals surface area contributed by atoms with Crippen LogP contribution in [0.4, 0.5) is 10.5 Å². The molecule has 164 valence electrons. The lowest BCUT2D eigenvalue weighted by Gasteiger charge is -2.13. The van der Waals surface area contributed by atoms with Crippen LogP contribution >= 0.6 is 11.8 Å². The van der Waals surface area contributed by atoms with Gasteiger partial charge in [0.2, 0.25) is 0 Å². The Morgan fingerprint density at radius 3 is 2.56 bits per heavy atom. The van der Waals surface area contributed by atoms with Gasteiger partial charge in [-0.05, 0) is 36.0 Å². The van der Waals surface area contributed by atoms with Gasteiger partial charge >= 0.3 is 0 Å². The molecule has 10 heteroatoms. The molecule has 3 rings (SSSR count). The van der Waals surface area contributed by atoms with Crippen LogP contribution < -0.4 is 9.47 Å². The largest absolute Gasteiger partial charge is 0.493 e. The number of nitro groups is 1. The van der Waals surface area contributed by atoms with Gasteiger partial charge in [0.15, 0.2) is 17.3 Å². The first-order valence-corrected chi connectivity index (χ1v) is 10.1. The number of Topliss-reactive ketones (excluding diaryl/α,β-unsaturated/α-hetero) is 1. The Balaban J connectivity index is 1.81. The van der Waals surface area contributed by atoms with E-state index < -0.39 is 28.4 Å². The number of thioether (sulfide) groups is 1. The lowest BCUT2D eigenvalue weighted by Crippen LogP contribution is -2.33. The zero-order chi connectivity index (χ0) is 23.3. The van der Waals surface area contributed by atoms with E-state index in [1.165, 1.54) is 37.5 Å². The van der Waals surface area contributed by atoms with Gasteiger partial charge in [0.1, 0.15) is 6.61 Å². The lowest BCUT2D eigenvalue weighted by molar-refractivity contribution is -0.384. The minimum atomic E-state index is -0.618. The molecule has 2 aromatic rings. The first-order chi connectivity index (χ1) is 15.3. The van der Waals surface area contributed by atoms with E-state index >= 15 is 0 Å². The third-order valence-electron chi connectivity index (χ3n) is 4.44. The minimum Gasteiger partial charge on any atom is -0.493 e. The van der Waals surface area contributed by atoms with Gasteiger partial charge in [0, 0.05) is 23.3 Å². The van der Waals surface area contributed by atoms with Crippen molar-refractivity contribution in [2.45, 2.75) is 0 Å². The highest BCUT2D eigenvalue weighted by molar-refractivity contribution is 8.18. The minimum absolute atomic E-state index is 0.128. The quantitative estimate of drug-likeness (QED) is 0.183. The van der Waals surface area contributed by atoms with Crippen LogP contribution in [0.25, 0.3) is 6.08 Å². The van der Waals surface area contributed by atoms with Crippen molar-refractivity contribution in [1.82, 2.24) is 4.90 Å². The number of ether oxygens (including phenoxy) is 2. The summed E-state index contributed by atoms with van der Waals surface area (Å²) < 4.78 is 10.9. The van der Waals surface area contributed by atoms with Crippen molar-refractivity contribution in [1.29, 1.82) is 0 Å². The molecule has 0 spiro atoms. The van der Waals surface area contributed by atoms with E-state index in [0.717, 1.165) is 4.90 Å². The predicted molar refractivity (Wildman–Crippen MR) is 119 cm³/mol. The maximum Gasteiger partial charge on any atom is 0.293 e. The molecule has 2 amide bonds. The van der Waals surface area contributed by atoms with Crippen LogP contribution in [-0.4, -0.2) is 47.0 Å². The van der Waals surface area contributed by atoms with Gasteiger partial charge < -0.3 is 9.47 Å². The van der Waals surface area contributed by atoms with Gasteiger partial charge in [0.05, 0.1) is 23.5 Å². The highest BCUT2D eigenvalue weighted by Gasteiger charge is 2.36. The van der Waals surface area contributed by atoms with Crippen molar-refractivity contribution in [2.75, 3.05) is 20.3 Å². The molecule has 9 nitrogen and oxygen atoms in total. The Bertz CT molecular complexity index is 1130. The molecular weight excluding hydrogens is 436 g/mol. The van der Waals surface area contributed by atoms with Gasteiger partial charge in [-0.15, -0.1) is 0 Å². The van der Waals surface area contributed by atoms with Crippen LogP contribution in [0.3, 0.4) is 0 Å². The molecule has 1 heterocycles. The molecule has 0 N–H and O–H groups in total. The predicted octanol–water partition coefficient (Wildman–Crippen LogP) is 4.09. The Labute approximate surface area is 187 Å². The van der Waals surface area contributed by atoms with Crippen molar-refractivity contribution in [2.24, 2.45) is 0 Å². The second kappa shape index (κ2) is 9.92. The second-order valence-corrected chi connectivity index (χ2v) is 7.47. The Morgan fingerprint density at radius 2 is 1.94 bits per heavy atom. The SMILES string of the molecule is C=CCOc1c(/C=C2\SC(=O)N(CC(=O)c3ccc([N+](=O)[O-])cc3)C2=O)cccc1OC. The summed E-state index contributed by atoms with van der Waals surface area (Å²) in [5, 5.41) is 10.2. The number of amides is 2. The number of hydrogen-bond acceptors (Lipinski definition) is 8. The van der Waals surface area contributed by atoms with Gasteiger partial charge in [-0.25, -0.2) is 0 Å². The normalized spacial score (nSPS) is 14.5. The highest BCUT2D eigenvalue weighted by Crippen LogP contribution is 2.37. The maximum atomic E-state index is 12.8. The number of nitrogens with zero attached hydrogens (tertiary/aromatic N) is 2. The molecule has 0 aromatic heterocycles. The van der Waals surface area contributed by atoms with Crippen LogP contribution in [0.2, 0.25) is 0 Å². The van der Waals surface area contributed by atoms with Crippen molar-refractivity contribution in [3.8, 4) is 11.5 Å². The molecule has 0 unspecified atom stereocenters. The molecule has 2 aromatic carbocycles. The van der Waals surface area contributed by atoms with Crippen LogP contribution in [0.5, 0.6) is 11.5 Å². The van der Waals surface area contributed by atoms with E-state index in [-0.39, 0.29) is 22.8 Å². The molecule has 0 atom stereocenters. The van der Waals surface area contributed by atoms with Gasteiger partial charge in [-0.3, -0.25) is 29.4 Å². The van der Waals surface area contributed by atoms with Crippen LogP contribution in [-0.2, 0) is 4.79 Å². The number of rotatable bonds is 9. The molecule has 1 fully saturated rings. The Hall–Kier alpha value is -3.92. The van der Waals surface area contributed by atoms with Crippen molar-refractivity contribution < 1.29 is 28.8 Å². The molecule has 0 saturated carbocycles. The van der Waals surface area contributed by atoms with E-state index in [4.69, 9.17) is 9.47 Å². The van der Waals surface area contributed by atoms with E-state index in [1.807, 2.05) is 0 Å². The highest BCUT2D eigenvalue weighted by atomic mass is 32.2. The maximum absolute atomic E-state index is 12.8. The summed E-state index contributed by atoms with van der Waals surface area (Å²) in [5.74, 6) is -0.288. The Kier molecular flexibility index (Phi) is 7.06. The first kappa shape index (κ1) is 22.8. The van der Waals surface area contributed by atoms with E-state index in [0.29, 0.717) is 28.8 Å². The molecule has 32 heavy (non-hydrogen) atoms. The van der Waals surface area contributed by atoms with Gasteiger partial charge in [-0.1, -0.05) is 24.8 Å². The van der Waals surface area contributed by atoms with Crippen LogP contribution in [0, 0.1) is 10.1 Å².